The van der Waals surface area contributed by atoms with Gasteiger partial charge >= 0.3 is 0 Å². The van der Waals surface area contributed by atoms with E-state index in [1.165, 1.54) is 16.8 Å². The van der Waals surface area contributed by atoms with Gasteiger partial charge in [0, 0.05) is 31.9 Å². The molecule has 0 N–H and O–H groups in total. The number of rotatable bonds is 5. The van der Waals surface area contributed by atoms with E-state index in [9.17, 15) is 4.79 Å². The zero-order valence-corrected chi connectivity index (χ0v) is 16.6. The van der Waals surface area contributed by atoms with E-state index in [1.807, 2.05) is 36.1 Å². The number of amides is 1. The van der Waals surface area contributed by atoms with Crippen LogP contribution >= 0.6 is 0 Å². The molecule has 1 heterocycles. The average molecular weight is 368 g/mol. The maximum atomic E-state index is 12.7. The van der Waals surface area contributed by atoms with E-state index in [1.54, 1.807) is 7.11 Å². The summed E-state index contributed by atoms with van der Waals surface area (Å²) in [5, 5.41) is 0. The molecule has 0 bridgehead atoms. The molecule has 1 amide bonds. The lowest BCUT2D eigenvalue weighted by Gasteiger charge is -2.37. The third-order valence-corrected chi connectivity index (χ3v) is 5.23. The Bertz CT molecular complexity index is 781. The monoisotopic (exact) mass is 368 g/mol. The van der Waals surface area contributed by atoms with Crippen molar-refractivity contribution < 1.29 is 14.3 Å². The minimum absolute atomic E-state index is 0.0337. The number of anilines is 1. The predicted molar refractivity (Wildman–Crippen MR) is 108 cm³/mol. The van der Waals surface area contributed by atoms with Gasteiger partial charge in [-0.3, -0.25) is 4.79 Å². The van der Waals surface area contributed by atoms with Gasteiger partial charge in [-0.05, 0) is 62.2 Å². The third kappa shape index (κ3) is 4.35. The summed E-state index contributed by atoms with van der Waals surface area (Å²) in [6.45, 7) is 9.20. The summed E-state index contributed by atoms with van der Waals surface area (Å²) in [7, 11) is 1.62. The fourth-order valence-corrected chi connectivity index (χ4v) is 3.41. The number of aryl methyl sites for hydroxylation is 1. The summed E-state index contributed by atoms with van der Waals surface area (Å²) < 4.78 is 11.0. The Labute approximate surface area is 161 Å². The Hall–Kier alpha value is -2.69. The molecule has 0 aromatic heterocycles. The lowest BCUT2D eigenvalue weighted by molar-refractivity contribution is -0.138. The fraction of sp³-hybridized carbons (Fsp3) is 0.409. The van der Waals surface area contributed by atoms with Gasteiger partial charge in [0.15, 0.2) is 6.10 Å². The molecule has 27 heavy (non-hydrogen) atoms. The maximum absolute atomic E-state index is 12.7. The zero-order chi connectivity index (χ0) is 19.4. The van der Waals surface area contributed by atoms with Crippen LogP contribution in [0.15, 0.2) is 42.5 Å². The second-order valence-electron chi connectivity index (χ2n) is 6.97. The van der Waals surface area contributed by atoms with Crippen LogP contribution in [0.1, 0.15) is 18.1 Å². The van der Waals surface area contributed by atoms with Crippen molar-refractivity contribution in [3.05, 3.63) is 53.6 Å². The number of carbonyl (C=O) groups excluding carboxylic acids is 1. The maximum Gasteiger partial charge on any atom is 0.263 e. The molecule has 3 rings (SSSR count). The van der Waals surface area contributed by atoms with Crippen LogP contribution in [-0.4, -0.2) is 50.2 Å². The molecule has 2 aromatic rings. The highest BCUT2D eigenvalue weighted by Gasteiger charge is 2.26. The number of piperazine rings is 1. The number of hydrogen-bond donors (Lipinski definition) is 0. The van der Waals surface area contributed by atoms with Gasteiger partial charge in [0.2, 0.25) is 0 Å². The lowest BCUT2D eigenvalue weighted by Crippen LogP contribution is -2.52. The number of hydrogen-bond acceptors (Lipinski definition) is 4. The highest BCUT2D eigenvalue weighted by Crippen LogP contribution is 2.24. The molecule has 0 saturated carbocycles. The van der Waals surface area contributed by atoms with Crippen LogP contribution in [0, 0.1) is 13.8 Å². The standard InChI is InChI=1S/C22H28N2O3/c1-16-6-5-7-21(17(16)2)23-12-14-24(15-13-23)22(25)18(3)27-20-10-8-19(26-4)9-11-20/h5-11,18H,12-15H2,1-4H3. The highest BCUT2D eigenvalue weighted by atomic mass is 16.5. The van der Waals surface area contributed by atoms with Crippen molar-refractivity contribution in [1.29, 1.82) is 0 Å². The van der Waals surface area contributed by atoms with E-state index in [-0.39, 0.29) is 5.91 Å². The van der Waals surface area contributed by atoms with Crippen molar-refractivity contribution in [1.82, 2.24) is 4.90 Å². The molecule has 1 atom stereocenters. The minimum atomic E-state index is -0.509. The molecule has 1 saturated heterocycles. The van der Waals surface area contributed by atoms with Crippen molar-refractivity contribution in [2.24, 2.45) is 0 Å². The van der Waals surface area contributed by atoms with Gasteiger partial charge in [0.25, 0.3) is 5.91 Å². The third-order valence-electron chi connectivity index (χ3n) is 5.23. The smallest absolute Gasteiger partial charge is 0.263 e. The number of methoxy groups -OCH3 is 1. The van der Waals surface area contributed by atoms with Crippen LogP contribution in [0.3, 0.4) is 0 Å². The van der Waals surface area contributed by atoms with Crippen molar-refractivity contribution in [3.63, 3.8) is 0 Å². The summed E-state index contributed by atoms with van der Waals surface area (Å²) in [6, 6.07) is 13.7. The number of nitrogens with zero attached hydrogens (tertiary/aromatic N) is 2. The largest absolute Gasteiger partial charge is 0.497 e. The van der Waals surface area contributed by atoms with Crippen molar-refractivity contribution in [2.75, 3.05) is 38.2 Å². The van der Waals surface area contributed by atoms with Crippen LogP contribution in [0.4, 0.5) is 5.69 Å². The van der Waals surface area contributed by atoms with Crippen LogP contribution in [0.5, 0.6) is 11.5 Å². The molecule has 1 unspecified atom stereocenters. The van der Waals surface area contributed by atoms with E-state index >= 15 is 0 Å². The summed E-state index contributed by atoms with van der Waals surface area (Å²) in [4.78, 5) is 17.0. The summed E-state index contributed by atoms with van der Waals surface area (Å²) in [5.74, 6) is 1.47. The molecule has 1 fully saturated rings. The molecule has 0 aliphatic carbocycles. The Morgan fingerprint density at radius 2 is 1.59 bits per heavy atom. The Morgan fingerprint density at radius 3 is 2.22 bits per heavy atom. The van der Waals surface area contributed by atoms with E-state index in [4.69, 9.17) is 9.47 Å². The van der Waals surface area contributed by atoms with E-state index in [2.05, 4.69) is 36.9 Å². The Morgan fingerprint density at radius 1 is 0.963 bits per heavy atom. The predicted octanol–water partition coefficient (Wildman–Crippen LogP) is 3.43. The van der Waals surface area contributed by atoms with E-state index in [0.29, 0.717) is 18.8 Å². The van der Waals surface area contributed by atoms with Gasteiger partial charge in [-0.1, -0.05) is 12.1 Å². The van der Waals surface area contributed by atoms with E-state index < -0.39 is 6.10 Å². The van der Waals surface area contributed by atoms with Gasteiger partial charge in [-0.25, -0.2) is 0 Å². The molecule has 5 nitrogen and oxygen atoms in total. The van der Waals surface area contributed by atoms with Crippen molar-refractivity contribution in [2.45, 2.75) is 26.9 Å². The number of carbonyl (C=O) groups is 1. The van der Waals surface area contributed by atoms with Gasteiger partial charge in [0.1, 0.15) is 11.5 Å². The highest BCUT2D eigenvalue weighted by molar-refractivity contribution is 5.81. The van der Waals surface area contributed by atoms with Gasteiger partial charge in [-0.2, -0.15) is 0 Å². The molecular weight excluding hydrogens is 340 g/mol. The molecular formula is C22H28N2O3. The van der Waals surface area contributed by atoms with Gasteiger partial charge in [-0.15, -0.1) is 0 Å². The second-order valence-corrected chi connectivity index (χ2v) is 6.97. The fourth-order valence-electron chi connectivity index (χ4n) is 3.41. The molecule has 5 heteroatoms. The van der Waals surface area contributed by atoms with Crippen LogP contribution in [0.2, 0.25) is 0 Å². The summed E-state index contributed by atoms with van der Waals surface area (Å²) >= 11 is 0. The quantitative estimate of drug-likeness (QED) is 0.811. The lowest BCUT2D eigenvalue weighted by atomic mass is 10.1. The average Bonchev–Trinajstić information content (AvgIpc) is 2.70. The molecule has 0 spiro atoms. The van der Waals surface area contributed by atoms with Crippen molar-refractivity contribution >= 4 is 11.6 Å². The molecule has 0 radical (unpaired) electrons. The first-order valence-electron chi connectivity index (χ1n) is 9.40. The van der Waals surface area contributed by atoms with Crippen LogP contribution in [-0.2, 0) is 4.79 Å². The Balaban J connectivity index is 1.56. The Kier molecular flexibility index (Phi) is 5.89. The number of benzene rings is 2. The van der Waals surface area contributed by atoms with Crippen LogP contribution < -0.4 is 14.4 Å². The van der Waals surface area contributed by atoms with Crippen LogP contribution in [0.25, 0.3) is 0 Å². The molecule has 2 aromatic carbocycles. The first-order chi connectivity index (χ1) is 13.0. The number of ether oxygens (including phenoxy) is 2. The topological polar surface area (TPSA) is 42.0 Å². The van der Waals surface area contributed by atoms with Crippen molar-refractivity contribution in [3.8, 4) is 11.5 Å². The van der Waals surface area contributed by atoms with E-state index in [0.717, 1.165) is 18.8 Å². The molecule has 144 valence electrons. The zero-order valence-electron chi connectivity index (χ0n) is 16.6. The molecule has 1 aliphatic rings. The SMILES string of the molecule is COc1ccc(OC(C)C(=O)N2CCN(c3cccc(C)c3C)CC2)cc1. The first-order valence-corrected chi connectivity index (χ1v) is 9.40. The van der Waals surface area contributed by atoms with Gasteiger partial charge in [0.05, 0.1) is 7.11 Å². The summed E-state index contributed by atoms with van der Waals surface area (Å²) in [5.41, 5.74) is 3.88. The molecule has 1 aliphatic heterocycles. The normalized spacial score (nSPS) is 15.4. The van der Waals surface area contributed by atoms with Gasteiger partial charge < -0.3 is 19.3 Å². The second kappa shape index (κ2) is 8.33. The summed E-state index contributed by atoms with van der Waals surface area (Å²) in [6.07, 6.45) is -0.509. The minimum Gasteiger partial charge on any atom is -0.497 e. The first kappa shape index (κ1) is 19.1.